The van der Waals surface area contributed by atoms with Crippen LogP contribution in [0.3, 0.4) is 0 Å². The molecule has 0 fully saturated rings. The van der Waals surface area contributed by atoms with Crippen LogP contribution in [0.2, 0.25) is 0 Å². The van der Waals surface area contributed by atoms with Gasteiger partial charge in [0.1, 0.15) is 5.69 Å². The first kappa shape index (κ1) is 16.5. The Morgan fingerprint density at radius 2 is 2.05 bits per heavy atom. The summed E-state index contributed by atoms with van der Waals surface area (Å²) in [6.07, 6.45) is 1.60. The minimum atomic E-state index is -3.72. The average molecular weight is 286 g/mol. The number of hydrogen-bond acceptors (Lipinski definition) is 3. The predicted octanol–water partition coefficient (Wildman–Crippen LogP) is 2.09. The quantitative estimate of drug-likeness (QED) is 0.871. The Hall–Kier alpha value is -1.56. The third kappa shape index (κ3) is 4.52. The number of halogens is 2. The monoisotopic (exact) mass is 286 g/mol. The molecule has 0 bridgehead atoms. The van der Waals surface area contributed by atoms with Gasteiger partial charge in [-0.2, -0.15) is 8.78 Å². The third-order valence-corrected chi connectivity index (χ3v) is 2.69. The topological polar surface area (TPSA) is 62.2 Å². The standard InChI is InChI=1S/C14H20F2N2O2/c1-13(2,3)8-10(9-19)18-12(20)14(15,16)11-6-4-5-7-17-11/h4-7,10,19H,8-9H2,1-3H3,(H,18,20). The number of aliphatic hydroxyl groups excluding tert-OH is 1. The number of carbonyl (C=O) groups excluding carboxylic acids is 1. The highest BCUT2D eigenvalue weighted by Gasteiger charge is 2.43. The summed E-state index contributed by atoms with van der Waals surface area (Å²) in [5, 5.41) is 11.4. The van der Waals surface area contributed by atoms with Gasteiger partial charge in [-0.3, -0.25) is 9.78 Å². The molecule has 0 saturated heterocycles. The molecular formula is C14H20F2N2O2. The van der Waals surface area contributed by atoms with Gasteiger partial charge >= 0.3 is 5.92 Å². The van der Waals surface area contributed by atoms with E-state index in [4.69, 9.17) is 0 Å². The highest BCUT2D eigenvalue weighted by atomic mass is 19.3. The number of nitrogens with zero attached hydrogens (tertiary/aromatic N) is 1. The van der Waals surface area contributed by atoms with Gasteiger partial charge in [-0.25, -0.2) is 0 Å². The molecule has 4 nitrogen and oxygen atoms in total. The first-order valence-electron chi connectivity index (χ1n) is 6.38. The zero-order valence-electron chi connectivity index (χ0n) is 11.9. The minimum absolute atomic E-state index is 0.193. The number of aliphatic hydroxyl groups is 1. The second-order valence-electron chi connectivity index (χ2n) is 5.91. The Morgan fingerprint density at radius 1 is 1.40 bits per heavy atom. The van der Waals surface area contributed by atoms with E-state index in [1.165, 1.54) is 18.3 Å². The van der Waals surface area contributed by atoms with Crippen LogP contribution in [0.5, 0.6) is 0 Å². The van der Waals surface area contributed by atoms with Crippen LogP contribution < -0.4 is 5.32 Å². The molecule has 0 saturated carbocycles. The zero-order valence-corrected chi connectivity index (χ0v) is 11.9. The number of amides is 1. The molecule has 1 amide bonds. The molecule has 20 heavy (non-hydrogen) atoms. The van der Waals surface area contributed by atoms with Crippen LogP contribution >= 0.6 is 0 Å². The summed E-state index contributed by atoms with van der Waals surface area (Å²) < 4.78 is 27.8. The zero-order chi connectivity index (χ0) is 15.4. The van der Waals surface area contributed by atoms with Crippen molar-refractivity contribution in [1.82, 2.24) is 10.3 Å². The van der Waals surface area contributed by atoms with E-state index in [1.807, 2.05) is 20.8 Å². The molecule has 0 aliphatic carbocycles. The molecule has 1 atom stereocenters. The lowest BCUT2D eigenvalue weighted by Crippen LogP contribution is -2.46. The number of carbonyl (C=O) groups is 1. The SMILES string of the molecule is CC(C)(C)CC(CO)NC(=O)C(F)(F)c1ccccn1. The molecule has 112 valence electrons. The van der Waals surface area contributed by atoms with Gasteiger partial charge in [0, 0.05) is 6.20 Å². The van der Waals surface area contributed by atoms with Gasteiger partial charge in [0.25, 0.3) is 5.91 Å². The maximum Gasteiger partial charge on any atom is 0.366 e. The number of alkyl halides is 2. The molecule has 6 heteroatoms. The minimum Gasteiger partial charge on any atom is -0.394 e. The summed E-state index contributed by atoms with van der Waals surface area (Å²) in [5.74, 6) is -5.16. The van der Waals surface area contributed by atoms with Gasteiger partial charge < -0.3 is 10.4 Å². The van der Waals surface area contributed by atoms with Crippen molar-refractivity contribution in [3.05, 3.63) is 30.1 Å². The highest BCUT2D eigenvalue weighted by Crippen LogP contribution is 2.27. The number of aromatic nitrogens is 1. The Labute approximate surface area is 117 Å². The average Bonchev–Trinajstić information content (AvgIpc) is 2.37. The molecule has 1 aromatic heterocycles. The maximum atomic E-state index is 13.9. The van der Waals surface area contributed by atoms with Crippen molar-refractivity contribution in [2.24, 2.45) is 5.41 Å². The summed E-state index contributed by atoms with van der Waals surface area (Å²) in [4.78, 5) is 15.2. The van der Waals surface area contributed by atoms with Gasteiger partial charge in [0.05, 0.1) is 12.6 Å². The van der Waals surface area contributed by atoms with Crippen LogP contribution in [0.4, 0.5) is 8.78 Å². The van der Waals surface area contributed by atoms with E-state index in [-0.39, 0.29) is 12.0 Å². The van der Waals surface area contributed by atoms with Crippen molar-refractivity contribution >= 4 is 5.91 Å². The Balaban J connectivity index is 2.79. The van der Waals surface area contributed by atoms with Gasteiger partial charge in [0.15, 0.2) is 0 Å². The van der Waals surface area contributed by atoms with E-state index >= 15 is 0 Å². The van der Waals surface area contributed by atoms with Crippen LogP contribution in [0.15, 0.2) is 24.4 Å². The van der Waals surface area contributed by atoms with Crippen LogP contribution in [0.25, 0.3) is 0 Å². The summed E-state index contributed by atoms with van der Waals surface area (Å²) in [7, 11) is 0. The Kier molecular flexibility index (Phi) is 5.16. The van der Waals surface area contributed by atoms with E-state index in [0.717, 1.165) is 6.07 Å². The fourth-order valence-corrected chi connectivity index (χ4v) is 1.84. The Bertz CT molecular complexity index is 444. The molecule has 0 aliphatic rings. The normalized spacial score (nSPS) is 13.9. The molecule has 1 unspecified atom stereocenters. The third-order valence-electron chi connectivity index (χ3n) is 2.69. The van der Waals surface area contributed by atoms with E-state index in [1.54, 1.807) is 0 Å². The molecule has 0 aliphatic heterocycles. The lowest BCUT2D eigenvalue weighted by Gasteiger charge is -2.26. The smallest absolute Gasteiger partial charge is 0.366 e. The summed E-state index contributed by atoms with van der Waals surface area (Å²) in [6, 6.07) is 3.27. The van der Waals surface area contributed by atoms with Gasteiger partial charge in [-0.1, -0.05) is 26.8 Å². The lowest BCUT2D eigenvalue weighted by atomic mass is 9.88. The largest absolute Gasteiger partial charge is 0.394 e. The second-order valence-corrected chi connectivity index (χ2v) is 5.91. The Morgan fingerprint density at radius 3 is 2.50 bits per heavy atom. The second kappa shape index (κ2) is 6.26. The molecule has 1 rings (SSSR count). The van der Waals surface area contributed by atoms with E-state index < -0.39 is 23.6 Å². The molecule has 1 heterocycles. The molecular weight excluding hydrogens is 266 g/mol. The van der Waals surface area contributed by atoms with Crippen molar-refractivity contribution in [1.29, 1.82) is 0 Å². The summed E-state index contributed by atoms with van der Waals surface area (Å²) in [6.45, 7) is 5.32. The van der Waals surface area contributed by atoms with Crippen molar-refractivity contribution in [3.8, 4) is 0 Å². The van der Waals surface area contributed by atoms with Crippen molar-refractivity contribution in [3.63, 3.8) is 0 Å². The molecule has 2 N–H and O–H groups in total. The van der Waals surface area contributed by atoms with E-state index in [0.29, 0.717) is 6.42 Å². The van der Waals surface area contributed by atoms with Crippen molar-refractivity contribution in [2.75, 3.05) is 6.61 Å². The van der Waals surface area contributed by atoms with Crippen LogP contribution in [-0.2, 0) is 10.7 Å². The van der Waals surface area contributed by atoms with Gasteiger partial charge in [-0.05, 0) is 24.0 Å². The molecule has 0 spiro atoms. The molecule has 0 aromatic carbocycles. The summed E-state index contributed by atoms with van der Waals surface area (Å²) in [5.41, 5.74) is -0.800. The number of hydrogen-bond donors (Lipinski definition) is 2. The van der Waals surface area contributed by atoms with Crippen LogP contribution in [0, 0.1) is 5.41 Å². The van der Waals surface area contributed by atoms with E-state index in [2.05, 4.69) is 10.3 Å². The molecule has 1 aromatic rings. The van der Waals surface area contributed by atoms with Crippen LogP contribution in [0.1, 0.15) is 32.9 Å². The lowest BCUT2D eigenvalue weighted by molar-refractivity contribution is -0.148. The fourth-order valence-electron chi connectivity index (χ4n) is 1.84. The van der Waals surface area contributed by atoms with Gasteiger partial charge in [-0.15, -0.1) is 0 Å². The predicted molar refractivity (Wildman–Crippen MR) is 71.2 cm³/mol. The molecule has 0 radical (unpaired) electrons. The first-order chi connectivity index (χ1) is 9.16. The number of pyridine rings is 1. The number of nitrogens with one attached hydrogen (secondary N) is 1. The first-order valence-corrected chi connectivity index (χ1v) is 6.38. The van der Waals surface area contributed by atoms with E-state index in [9.17, 15) is 18.7 Å². The van der Waals surface area contributed by atoms with Crippen molar-refractivity contribution < 1.29 is 18.7 Å². The van der Waals surface area contributed by atoms with Gasteiger partial charge in [0.2, 0.25) is 0 Å². The highest BCUT2D eigenvalue weighted by molar-refractivity contribution is 5.84. The summed E-state index contributed by atoms with van der Waals surface area (Å²) >= 11 is 0. The van der Waals surface area contributed by atoms with Crippen molar-refractivity contribution in [2.45, 2.75) is 39.2 Å². The van der Waals surface area contributed by atoms with Crippen LogP contribution in [-0.4, -0.2) is 28.6 Å². The maximum absolute atomic E-state index is 13.9. The fraction of sp³-hybridized carbons (Fsp3) is 0.571. The number of rotatable bonds is 5.